The first-order chi connectivity index (χ1) is 11.7. The summed E-state index contributed by atoms with van der Waals surface area (Å²) >= 11 is 0. The summed E-state index contributed by atoms with van der Waals surface area (Å²) in [6, 6.07) is 6.11. The Balaban J connectivity index is 0.00000625. The molecule has 0 spiro atoms. The van der Waals surface area contributed by atoms with Crippen molar-refractivity contribution >= 4 is 35.8 Å². The first-order valence-electron chi connectivity index (χ1n) is 8.74. The molecule has 0 aliphatic heterocycles. The van der Waals surface area contributed by atoms with Crippen LogP contribution in [-0.4, -0.2) is 31.1 Å². The van der Waals surface area contributed by atoms with Crippen LogP contribution in [0.4, 0.5) is 0 Å². The average molecular weight is 476 g/mol. The number of hydrogen-bond acceptors (Lipinski definition) is 3. The van der Waals surface area contributed by atoms with E-state index in [0.29, 0.717) is 19.0 Å². The molecule has 0 radical (unpaired) electrons. The van der Waals surface area contributed by atoms with Crippen molar-refractivity contribution < 1.29 is 9.53 Å². The number of guanidine groups is 1. The lowest BCUT2D eigenvalue weighted by Gasteiger charge is -2.22. The number of amides is 1. The van der Waals surface area contributed by atoms with E-state index < -0.39 is 5.41 Å². The summed E-state index contributed by atoms with van der Waals surface area (Å²) in [4.78, 5) is 16.1. The Hall–Kier alpha value is -1.51. The van der Waals surface area contributed by atoms with Crippen LogP contribution in [0, 0.1) is 12.3 Å². The molecule has 0 atom stereocenters. The molecule has 4 N–H and O–H groups in total. The van der Waals surface area contributed by atoms with Crippen LogP contribution < -0.4 is 21.1 Å². The molecule has 26 heavy (non-hydrogen) atoms. The van der Waals surface area contributed by atoms with Crippen LogP contribution in [0.2, 0.25) is 0 Å². The molecule has 0 heterocycles. The van der Waals surface area contributed by atoms with Gasteiger partial charge in [0.25, 0.3) is 0 Å². The summed E-state index contributed by atoms with van der Waals surface area (Å²) in [6.07, 6.45) is 0.104. The monoisotopic (exact) mass is 476 g/mol. The molecule has 148 valence electrons. The number of aliphatic imine (C=N–C) groups is 1. The van der Waals surface area contributed by atoms with Gasteiger partial charge in [0.15, 0.2) is 5.96 Å². The summed E-state index contributed by atoms with van der Waals surface area (Å²) in [5, 5.41) is 6.36. The fourth-order valence-electron chi connectivity index (χ4n) is 2.05. The maximum atomic E-state index is 11.5. The summed E-state index contributed by atoms with van der Waals surface area (Å²) < 4.78 is 5.89. The van der Waals surface area contributed by atoms with Crippen molar-refractivity contribution in [3.8, 4) is 5.75 Å². The first kappa shape index (κ1) is 24.5. The lowest BCUT2D eigenvalue weighted by atomic mass is 9.93. The van der Waals surface area contributed by atoms with Crippen LogP contribution in [0.25, 0.3) is 0 Å². The molecule has 0 unspecified atom stereocenters. The molecule has 0 saturated carbocycles. The summed E-state index contributed by atoms with van der Waals surface area (Å²) in [5.74, 6) is 1.15. The number of carbonyl (C=O) groups is 1. The SMILES string of the molecule is CCNC(=NCc1ccc(C)cc1OC(C)C)NCC(C)(C)C(N)=O.I. The molecular formula is C19H33IN4O2. The summed E-state index contributed by atoms with van der Waals surface area (Å²) in [7, 11) is 0. The van der Waals surface area contributed by atoms with Gasteiger partial charge in [-0.05, 0) is 53.2 Å². The van der Waals surface area contributed by atoms with Crippen LogP contribution in [0.3, 0.4) is 0 Å². The van der Waals surface area contributed by atoms with Crippen LogP contribution in [0.1, 0.15) is 45.7 Å². The van der Waals surface area contributed by atoms with Gasteiger partial charge in [0.1, 0.15) is 5.75 Å². The van der Waals surface area contributed by atoms with Crippen LogP contribution >= 0.6 is 24.0 Å². The lowest BCUT2D eigenvalue weighted by molar-refractivity contribution is -0.125. The first-order valence-corrected chi connectivity index (χ1v) is 8.74. The number of hydrogen-bond donors (Lipinski definition) is 3. The number of rotatable bonds is 8. The van der Waals surface area contributed by atoms with E-state index in [1.165, 1.54) is 0 Å². The number of nitrogens with two attached hydrogens (primary N) is 1. The third kappa shape index (κ3) is 8.25. The van der Waals surface area contributed by atoms with E-state index in [4.69, 9.17) is 10.5 Å². The zero-order valence-corrected chi connectivity index (χ0v) is 19.0. The van der Waals surface area contributed by atoms with Gasteiger partial charge in [0, 0.05) is 18.7 Å². The number of nitrogens with one attached hydrogen (secondary N) is 2. The minimum Gasteiger partial charge on any atom is -0.491 e. The number of aryl methyl sites for hydroxylation is 1. The quantitative estimate of drug-likeness (QED) is 0.306. The average Bonchev–Trinajstić information content (AvgIpc) is 2.50. The van der Waals surface area contributed by atoms with Crippen molar-refractivity contribution in [2.45, 2.75) is 54.2 Å². The van der Waals surface area contributed by atoms with Gasteiger partial charge in [-0.2, -0.15) is 0 Å². The third-order valence-electron chi connectivity index (χ3n) is 3.70. The van der Waals surface area contributed by atoms with E-state index in [-0.39, 0.29) is 36.0 Å². The van der Waals surface area contributed by atoms with Gasteiger partial charge in [-0.1, -0.05) is 12.1 Å². The van der Waals surface area contributed by atoms with Gasteiger partial charge >= 0.3 is 0 Å². The highest BCUT2D eigenvalue weighted by atomic mass is 127. The lowest BCUT2D eigenvalue weighted by Crippen LogP contribution is -2.46. The molecule has 6 nitrogen and oxygen atoms in total. The van der Waals surface area contributed by atoms with Crippen molar-refractivity contribution in [2.24, 2.45) is 16.1 Å². The van der Waals surface area contributed by atoms with Gasteiger partial charge in [0.05, 0.1) is 18.1 Å². The highest BCUT2D eigenvalue weighted by Gasteiger charge is 2.24. The molecule has 1 aromatic rings. The number of primary amides is 1. The van der Waals surface area contributed by atoms with Gasteiger partial charge < -0.3 is 21.1 Å². The molecule has 0 bridgehead atoms. The molecular weight excluding hydrogens is 443 g/mol. The van der Waals surface area contributed by atoms with E-state index in [2.05, 4.69) is 21.7 Å². The van der Waals surface area contributed by atoms with Crippen molar-refractivity contribution in [2.75, 3.05) is 13.1 Å². The maximum absolute atomic E-state index is 11.5. The second-order valence-corrected chi connectivity index (χ2v) is 7.07. The molecule has 0 fully saturated rings. The smallest absolute Gasteiger partial charge is 0.224 e. The predicted molar refractivity (Wildman–Crippen MR) is 118 cm³/mol. The topological polar surface area (TPSA) is 88.7 Å². The number of benzene rings is 1. The van der Waals surface area contributed by atoms with Crippen LogP contribution in [-0.2, 0) is 11.3 Å². The fraction of sp³-hybridized carbons (Fsp3) is 0.579. The van der Waals surface area contributed by atoms with E-state index in [0.717, 1.165) is 23.4 Å². The second-order valence-electron chi connectivity index (χ2n) is 7.07. The third-order valence-corrected chi connectivity index (χ3v) is 3.70. The molecule has 1 aromatic carbocycles. The minimum atomic E-state index is -0.647. The van der Waals surface area contributed by atoms with E-state index in [1.54, 1.807) is 13.8 Å². The van der Waals surface area contributed by atoms with Crippen molar-refractivity contribution in [1.82, 2.24) is 10.6 Å². The van der Waals surface area contributed by atoms with Gasteiger partial charge in [-0.15, -0.1) is 24.0 Å². The Labute approximate surface area is 174 Å². The molecule has 0 aliphatic carbocycles. The fourth-order valence-corrected chi connectivity index (χ4v) is 2.05. The van der Waals surface area contributed by atoms with Gasteiger partial charge in [0.2, 0.25) is 5.91 Å². The number of ether oxygens (including phenoxy) is 1. The highest BCUT2D eigenvalue weighted by Crippen LogP contribution is 2.22. The van der Waals surface area contributed by atoms with Crippen molar-refractivity contribution in [3.05, 3.63) is 29.3 Å². The summed E-state index contributed by atoms with van der Waals surface area (Å²) in [6.45, 7) is 13.3. The highest BCUT2D eigenvalue weighted by molar-refractivity contribution is 14.0. The maximum Gasteiger partial charge on any atom is 0.224 e. The predicted octanol–water partition coefficient (Wildman–Crippen LogP) is 2.97. The Bertz CT molecular complexity index is 616. The molecule has 0 aliphatic rings. The van der Waals surface area contributed by atoms with Crippen LogP contribution in [0.15, 0.2) is 23.2 Å². The Morgan fingerprint density at radius 2 is 1.96 bits per heavy atom. The zero-order chi connectivity index (χ0) is 19.0. The molecule has 7 heteroatoms. The molecule has 1 rings (SSSR count). The number of carbonyl (C=O) groups excluding carboxylic acids is 1. The Morgan fingerprint density at radius 1 is 1.31 bits per heavy atom. The van der Waals surface area contributed by atoms with Crippen molar-refractivity contribution in [3.63, 3.8) is 0 Å². The van der Waals surface area contributed by atoms with E-state index in [1.807, 2.05) is 39.8 Å². The van der Waals surface area contributed by atoms with Crippen LogP contribution in [0.5, 0.6) is 5.75 Å². The van der Waals surface area contributed by atoms with Crippen molar-refractivity contribution in [1.29, 1.82) is 0 Å². The Morgan fingerprint density at radius 3 is 2.50 bits per heavy atom. The second kappa shape index (κ2) is 11.3. The molecule has 0 saturated heterocycles. The Kier molecular flexibility index (Phi) is 10.6. The largest absolute Gasteiger partial charge is 0.491 e. The zero-order valence-electron chi connectivity index (χ0n) is 16.7. The normalized spacial score (nSPS) is 11.7. The van der Waals surface area contributed by atoms with Gasteiger partial charge in [-0.25, -0.2) is 4.99 Å². The van der Waals surface area contributed by atoms with Gasteiger partial charge in [-0.3, -0.25) is 4.79 Å². The minimum absolute atomic E-state index is 0. The van der Waals surface area contributed by atoms with E-state index >= 15 is 0 Å². The molecule has 1 amide bonds. The molecule has 0 aromatic heterocycles. The number of halogens is 1. The number of nitrogens with zero attached hydrogens (tertiary/aromatic N) is 1. The summed E-state index contributed by atoms with van der Waals surface area (Å²) in [5.41, 5.74) is 6.94. The van der Waals surface area contributed by atoms with E-state index in [9.17, 15) is 4.79 Å². The standard InChI is InChI=1S/C19H32N4O2.HI/c1-7-21-18(23-12-19(5,6)17(20)24)22-11-15-9-8-14(4)10-16(15)25-13(2)3;/h8-10,13H,7,11-12H2,1-6H3,(H2,20,24)(H2,21,22,23);1H.